The molecule has 0 radical (unpaired) electrons. The molecular formula is C33H42Cl2SiZr. The summed E-state index contributed by atoms with van der Waals surface area (Å²) in [6.45, 7) is 16.9. The van der Waals surface area contributed by atoms with E-state index in [1.807, 2.05) is 0 Å². The van der Waals surface area contributed by atoms with Crippen LogP contribution in [0.4, 0.5) is 0 Å². The number of hydrogen-bond donors (Lipinski definition) is 0. The molecule has 0 nitrogen and oxygen atoms in total. The van der Waals surface area contributed by atoms with Crippen molar-refractivity contribution in [2.45, 2.75) is 53.4 Å². The maximum Gasteiger partial charge on any atom is -0.147 e. The van der Waals surface area contributed by atoms with Crippen molar-refractivity contribution in [2.75, 3.05) is 0 Å². The van der Waals surface area contributed by atoms with Crippen LogP contribution in [0, 0.1) is 11.8 Å². The molecule has 0 aromatic heterocycles. The second-order valence-electron chi connectivity index (χ2n) is 12.1. The Kier molecular flexibility index (Phi) is 8.84. The molecule has 0 bridgehead atoms. The summed E-state index contributed by atoms with van der Waals surface area (Å²) in [7, 11) is 0. The summed E-state index contributed by atoms with van der Waals surface area (Å²) in [5.41, 5.74) is 12.6. The molecule has 0 aliphatic heterocycles. The van der Waals surface area contributed by atoms with Crippen molar-refractivity contribution < 1.29 is 17.4 Å². The largest absolute Gasteiger partial charge is 0.147 e. The van der Waals surface area contributed by atoms with Gasteiger partial charge in [-0.2, -0.15) is 0 Å². The molecule has 196 valence electrons. The standard InChI is InChI=1S/2C13H15.C6H5.CH3.2ClH.H2Si.Zr/c2*1-9(2)13-10(3)8-11-6-4-5-7-12(11)13;1-2-4-6-5-3-1;;;;;/h2*4-9H,1-3H3;1-5H;1H3;2*1H;1H2;. The van der Waals surface area contributed by atoms with Crippen LogP contribution < -0.4 is 3.27 Å². The van der Waals surface area contributed by atoms with Crippen LogP contribution in [-0.4, -0.2) is 6.88 Å². The Bertz CT molecular complexity index is 1360. The molecule has 2 aliphatic rings. The average molecular weight is 629 g/mol. The van der Waals surface area contributed by atoms with E-state index in [1.54, 1.807) is 36.7 Å². The smallest absolute Gasteiger partial charge is 0.147 e. The van der Waals surface area contributed by atoms with Gasteiger partial charge in [0.2, 0.25) is 0 Å². The van der Waals surface area contributed by atoms with Gasteiger partial charge < -0.3 is 0 Å². The van der Waals surface area contributed by atoms with Crippen LogP contribution >= 0.6 is 24.8 Å². The van der Waals surface area contributed by atoms with Crippen LogP contribution in [0.3, 0.4) is 0 Å². The number of rotatable bonds is 5. The topological polar surface area (TPSA) is 0 Å². The van der Waals surface area contributed by atoms with E-state index in [4.69, 9.17) is 0 Å². The van der Waals surface area contributed by atoms with Crippen molar-refractivity contribution in [3.8, 4) is 0 Å². The minimum atomic E-state index is -3.94. The third kappa shape index (κ3) is 4.35. The molecule has 3 aromatic rings. The molecule has 0 fully saturated rings. The first-order chi connectivity index (χ1) is 16.6. The van der Waals surface area contributed by atoms with E-state index >= 15 is 0 Å². The summed E-state index contributed by atoms with van der Waals surface area (Å²) in [5.74, 6) is 1.05. The van der Waals surface area contributed by atoms with Gasteiger partial charge in [0.05, 0.1) is 0 Å². The van der Waals surface area contributed by atoms with Gasteiger partial charge in [-0.15, -0.1) is 24.8 Å². The first-order valence-corrected chi connectivity index (χ1v) is 25.7. The predicted octanol–water partition coefficient (Wildman–Crippen LogP) is 8.81. The monoisotopic (exact) mass is 626 g/mol. The second-order valence-corrected chi connectivity index (χ2v) is 38.4. The summed E-state index contributed by atoms with van der Waals surface area (Å²) in [6, 6.07) is 30.4. The van der Waals surface area contributed by atoms with Crippen molar-refractivity contribution >= 4 is 46.1 Å². The zero-order valence-electron chi connectivity index (χ0n) is 23.3. The molecule has 37 heavy (non-hydrogen) atoms. The Balaban J connectivity index is 0.00000190. The fraction of sp³-hybridized carbons (Fsp3) is 0.333. The van der Waals surface area contributed by atoms with Gasteiger partial charge in [0.25, 0.3) is 0 Å². The average Bonchev–Trinajstić information content (AvgIpc) is 3.31. The Morgan fingerprint density at radius 1 is 0.595 bits per heavy atom. The van der Waals surface area contributed by atoms with Gasteiger partial charge in [-0.3, -0.25) is 0 Å². The van der Waals surface area contributed by atoms with Crippen molar-refractivity contribution in [1.82, 2.24) is 0 Å². The predicted molar refractivity (Wildman–Crippen MR) is 168 cm³/mol. The van der Waals surface area contributed by atoms with E-state index in [2.05, 4.69) is 132 Å². The van der Waals surface area contributed by atoms with Crippen LogP contribution in [0.25, 0.3) is 11.1 Å². The van der Waals surface area contributed by atoms with Crippen LogP contribution in [0.5, 0.6) is 0 Å². The number of allylic oxidation sites excluding steroid dienone is 4. The van der Waals surface area contributed by atoms with Gasteiger partial charge in [-0.1, -0.05) is 0 Å². The number of benzene rings is 3. The Hall–Kier alpha value is -1.18. The molecule has 0 saturated heterocycles. The van der Waals surface area contributed by atoms with Crippen molar-refractivity contribution in [2.24, 2.45) is 11.8 Å². The van der Waals surface area contributed by atoms with Gasteiger partial charge in [-0.05, 0) is 0 Å². The Labute approximate surface area is 239 Å². The molecule has 5 rings (SSSR count). The second kappa shape index (κ2) is 10.8. The third-order valence-corrected chi connectivity index (χ3v) is 32.9. The summed E-state index contributed by atoms with van der Waals surface area (Å²) in [5, 5.41) is 0. The maximum absolute atomic E-state index is 3.94. The summed E-state index contributed by atoms with van der Waals surface area (Å²) < 4.78 is 5.44. The van der Waals surface area contributed by atoms with E-state index in [9.17, 15) is 0 Å². The van der Waals surface area contributed by atoms with Gasteiger partial charge in [0, 0.05) is 0 Å². The van der Waals surface area contributed by atoms with Crippen molar-refractivity contribution in [3.05, 3.63) is 112 Å². The fourth-order valence-electron chi connectivity index (χ4n) is 8.21. The minimum Gasteiger partial charge on any atom is -0.147 e. The fourth-order valence-corrected chi connectivity index (χ4v) is 33.3. The molecule has 3 aromatic carbocycles. The molecule has 4 heteroatoms. The molecule has 2 aliphatic carbocycles. The van der Waals surface area contributed by atoms with Crippen LogP contribution in [0.2, 0.25) is 4.63 Å². The number of fused-ring (bicyclic) bond motifs is 2. The zero-order chi connectivity index (χ0) is 25.1. The van der Waals surface area contributed by atoms with Gasteiger partial charge >= 0.3 is 216 Å². The van der Waals surface area contributed by atoms with E-state index in [1.165, 1.54) is 11.1 Å². The third-order valence-electron chi connectivity index (χ3n) is 9.20. The Morgan fingerprint density at radius 3 is 1.32 bits per heavy atom. The van der Waals surface area contributed by atoms with Crippen molar-refractivity contribution in [1.29, 1.82) is 0 Å². The van der Waals surface area contributed by atoms with E-state index < -0.39 is 17.4 Å². The van der Waals surface area contributed by atoms with Gasteiger partial charge in [-0.25, -0.2) is 0 Å². The Morgan fingerprint density at radius 2 is 0.946 bits per heavy atom. The first-order valence-electron chi connectivity index (χ1n) is 13.3. The van der Waals surface area contributed by atoms with Crippen LogP contribution in [-0.2, 0) is 17.4 Å². The molecular weight excluding hydrogens is 587 g/mol. The molecule has 2 unspecified atom stereocenters. The van der Waals surface area contributed by atoms with Crippen molar-refractivity contribution in [3.63, 3.8) is 0 Å². The zero-order valence-corrected chi connectivity index (χ0v) is 28.8. The molecule has 0 N–H and O–H groups in total. The maximum atomic E-state index is 2.79. The SMILES string of the molecule is CC1=C(C(C)C)c2ccccc2[CH]1[Zr]([CH3])(=[SiH2])([c]1ccccc1)[CH]1C(C)=C(C(C)C)c2ccccc21.Cl.Cl. The summed E-state index contributed by atoms with van der Waals surface area (Å²) in [6.07, 6.45) is 0. The number of hydrogen-bond acceptors (Lipinski definition) is 0. The summed E-state index contributed by atoms with van der Waals surface area (Å²) in [4.78, 5) is 0. The normalized spacial score (nSPS) is 19.1. The first kappa shape index (κ1) is 30.4. The molecule has 2 atom stereocenters. The van der Waals surface area contributed by atoms with Crippen LogP contribution in [0.15, 0.2) is 90.0 Å². The van der Waals surface area contributed by atoms with Crippen LogP contribution in [0.1, 0.15) is 71.0 Å². The quantitative estimate of drug-likeness (QED) is 0.248. The number of halogens is 2. The van der Waals surface area contributed by atoms with Gasteiger partial charge in [0.1, 0.15) is 0 Å². The molecule has 0 spiro atoms. The molecule has 0 heterocycles. The molecule has 0 amide bonds. The summed E-state index contributed by atoms with van der Waals surface area (Å²) >= 11 is -3.94. The molecule has 0 saturated carbocycles. The minimum absolute atomic E-state index is 0. The van der Waals surface area contributed by atoms with Gasteiger partial charge in [0.15, 0.2) is 0 Å². The van der Waals surface area contributed by atoms with E-state index in [0.29, 0.717) is 19.1 Å². The van der Waals surface area contributed by atoms with E-state index in [0.717, 1.165) is 0 Å². The van der Waals surface area contributed by atoms with E-state index in [-0.39, 0.29) is 24.8 Å².